The lowest BCUT2D eigenvalue weighted by atomic mass is 9.92. The number of rotatable bonds is 5. The van der Waals surface area contributed by atoms with Crippen LogP contribution in [0.2, 0.25) is 0 Å². The van der Waals surface area contributed by atoms with Gasteiger partial charge in [0, 0.05) is 57.7 Å². The van der Waals surface area contributed by atoms with Crippen molar-refractivity contribution in [3.05, 3.63) is 36.5 Å². The van der Waals surface area contributed by atoms with Gasteiger partial charge in [0.25, 0.3) is 0 Å². The first kappa shape index (κ1) is 20.3. The third kappa shape index (κ3) is 4.04. The topological polar surface area (TPSA) is 91.6 Å². The van der Waals surface area contributed by atoms with Crippen LogP contribution in [0.3, 0.4) is 0 Å². The Hall–Kier alpha value is -1.97. The maximum Gasteiger partial charge on any atom is 0.246 e. The summed E-state index contributed by atoms with van der Waals surface area (Å²) in [5, 5.41) is 10.9. The van der Waals surface area contributed by atoms with E-state index in [1.807, 2.05) is 22.7 Å². The summed E-state index contributed by atoms with van der Waals surface area (Å²) in [6.07, 6.45) is 9.06. The summed E-state index contributed by atoms with van der Waals surface area (Å²) >= 11 is 0. The van der Waals surface area contributed by atoms with E-state index in [1.54, 1.807) is 28.8 Å². The van der Waals surface area contributed by atoms with E-state index in [1.165, 1.54) is 0 Å². The number of hydrogen-bond acceptors (Lipinski definition) is 6. The number of nitrogens with zero attached hydrogens (tertiary/aromatic N) is 5. The fraction of sp³-hybridized carbons (Fsp3) is 0.600. The molecule has 29 heavy (non-hydrogen) atoms. The molecular formula is C20H29N5O3S. The zero-order chi connectivity index (χ0) is 20.4. The van der Waals surface area contributed by atoms with E-state index in [0.29, 0.717) is 31.3 Å². The monoisotopic (exact) mass is 419 g/mol. The fourth-order valence-electron chi connectivity index (χ4n) is 4.40. The molecule has 2 atom stereocenters. The van der Waals surface area contributed by atoms with Crippen LogP contribution in [0, 0.1) is 5.92 Å². The molecule has 4 rings (SSSR count). The highest BCUT2D eigenvalue weighted by Crippen LogP contribution is 2.34. The molecule has 0 amide bonds. The molecule has 2 saturated heterocycles. The molecule has 2 aliphatic rings. The van der Waals surface area contributed by atoms with E-state index in [0.717, 1.165) is 38.6 Å². The molecule has 2 aliphatic heterocycles. The summed E-state index contributed by atoms with van der Waals surface area (Å²) < 4.78 is 30.0. The molecular weight excluding hydrogens is 390 g/mol. The maximum absolute atomic E-state index is 13.3. The second-order valence-corrected chi connectivity index (χ2v) is 9.89. The first-order valence-corrected chi connectivity index (χ1v) is 11.8. The quantitative estimate of drug-likeness (QED) is 0.796. The predicted molar refractivity (Wildman–Crippen MR) is 110 cm³/mol. The molecule has 9 heteroatoms. The number of aryl methyl sites for hydroxylation is 1. The standard InChI is InChI=1S/C20H29N5O3S/c1-23-14-10-22-20(23)18(26)16-7-6-11-24(15-16)19-17(8-5-9-21-19)29(27,28)25-12-3-2-4-13-25/h5,8-10,14,16,18,26H,2-4,6-7,11-13,15H2,1H3. The van der Waals surface area contributed by atoms with E-state index < -0.39 is 16.1 Å². The summed E-state index contributed by atoms with van der Waals surface area (Å²) in [5.74, 6) is 1.10. The molecule has 8 nitrogen and oxygen atoms in total. The molecule has 0 aromatic carbocycles. The van der Waals surface area contributed by atoms with E-state index in [2.05, 4.69) is 9.97 Å². The molecule has 0 bridgehead atoms. The van der Waals surface area contributed by atoms with Gasteiger partial charge in [-0.2, -0.15) is 4.31 Å². The van der Waals surface area contributed by atoms with Crippen LogP contribution in [0.25, 0.3) is 0 Å². The van der Waals surface area contributed by atoms with Crippen molar-refractivity contribution in [2.75, 3.05) is 31.1 Å². The van der Waals surface area contributed by atoms with Crippen LogP contribution in [-0.4, -0.2) is 58.5 Å². The number of hydrogen-bond donors (Lipinski definition) is 1. The van der Waals surface area contributed by atoms with Gasteiger partial charge < -0.3 is 14.6 Å². The van der Waals surface area contributed by atoms with Gasteiger partial charge in [-0.15, -0.1) is 0 Å². The summed E-state index contributed by atoms with van der Waals surface area (Å²) in [7, 11) is -1.71. The van der Waals surface area contributed by atoms with Gasteiger partial charge >= 0.3 is 0 Å². The number of anilines is 1. The number of aromatic nitrogens is 3. The lowest BCUT2D eigenvalue weighted by Crippen LogP contribution is -2.41. The SMILES string of the molecule is Cn1ccnc1C(O)C1CCCN(c2ncccc2S(=O)(=O)N2CCCCC2)C1. The van der Waals surface area contributed by atoms with Crippen molar-refractivity contribution < 1.29 is 13.5 Å². The van der Waals surface area contributed by atoms with Crippen molar-refractivity contribution in [1.82, 2.24) is 18.8 Å². The average Bonchev–Trinajstić information content (AvgIpc) is 3.20. The van der Waals surface area contributed by atoms with Crippen molar-refractivity contribution in [1.29, 1.82) is 0 Å². The van der Waals surface area contributed by atoms with Gasteiger partial charge in [-0.3, -0.25) is 0 Å². The van der Waals surface area contributed by atoms with Gasteiger partial charge in [0.15, 0.2) is 0 Å². The van der Waals surface area contributed by atoms with Crippen LogP contribution >= 0.6 is 0 Å². The number of aliphatic hydroxyl groups is 1. The van der Waals surface area contributed by atoms with Gasteiger partial charge in [-0.1, -0.05) is 6.42 Å². The second kappa shape index (κ2) is 8.41. The third-order valence-corrected chi connectivity index (χ3v) is 7.93. The smallest absolute Gasteiger partial charge is 0.246 e. The summed E-state index contributed by atoms with van der Waals surface area (Å²) in [6, 6.07) is 3.34. The van der Waals surface area contributed by atoms with Gasteiger partial charge in [-0.05, 0) is 37.8 Å². The molecule has 1 N–H and O–H groups in total. The van der Waals surface area contributed by atoms with Crippen LogP contribution < -0.4 is 4.90 Å². The highest BCUT2D eigenvalue weighted by molar-refractivity contribution is 7.89. The number of pyridine rings is 1. The van der Waals surface area contributed by atoms with E-state index in [9.17, 15) is 13.5 Å². The largest absolute Gasteiger partial charge is 0.385 e. The molecule has 4 heterocycles. The third-order valence-electron chi connectivity index (χ3n) is 6.01. The summed E-state index contributed by atoms with van der Waals surface area (Å²) in [5.41, 5.74) is 0. The van der Waals surface area contributed by atoms with Crippen LogP contribution in [0.4, 0.5) is 5.82 Å². The molecule has 0 saturated carbocycles. The Labute approximate surface area is 172 Å². The highest BCUT2D eigenvalue weighted by atomic mass is 32.2. The summed E-state index contributed by atoms with van der Waals surface area (Å²) in [4.78, 5) is 11.0. The van der Waals surface area contributed by atoms with Crippen LogP contribution in [-0.2, 0) is 17.1 Å². The Morgan fingerprint density at radius 1 is 1.10 bits per heavy atom. The predicted octanol–water partition coefficient (Wildman–Crippen LogP) is 1.94. The Kier molecular flexibility index (Phi) is 5.89. The average molecular weight is 420 g/mol. The number of aliphatic hydroxyl groups excluding tert-OH is 1. The minimum absolute atomic E-state index is 0.0302. The van der Waals surface area contributed by atoms with Crippen molar-refractivity contribution in [2.24, 2.45) is 13.0 Å². The van der Waals surface area contributed by atoms with Crippen molar-refractivity contribution in [2.45, 2.75) is 43.1 Å². The minimum atomic E-state index is -3.58. The lowest BCUT2D eigenvalue weighted by molar-refractivity contribution is 0.0873. The molecule has 2 aromatic rings. The zero-order valence-electron chi connectivity index (χ0n) is 16.8. The van der Waals surface area contributed by atoms with Gasteiger partial charge in [0.1, 0.15) is 22.6 Å². The fourth-order valence-corrected chi connectivity index (χ4v) is 6.08. The van der Waals surface area contributed by atoms with Gasteiger partial charge in [-0.25, -0.2) is 18.4 Å². The molecule has 2 aromatic heterocycles. The van der Waals surface area contributed by atoms with E-state index in [4.69, 9.17) is 0 Å². The van der Waals surface area contributed by atoms with E-state index in [-0.39, 0.29) is 10.8 Å². The molecule has 0 radical (unpaired) electrons. The Balaban J connectivity index is 1.59. The first-order chi connectivity index (χ1) is 14.0. The zero-order valence-corrected chi connectivity index (χ0v) is 17.6. The number of sulfonamides is 1. The lowest BCUT2D eigenvalue weighted by Gasteiger charge is -2.37. The maximum atomic E-state index is 13.3. The van der Waals surface area contributed by atoms with Crippen molar-refractivity contribution in [3.8, 4) is 0 Å². The van der Waals surface area contributed by atoms with Crippen molar-refractivity contribution in [3.63, 3.8) is 0 Å². The summed E-state index contributed by atoms with van der Waals surface area (Å²) in [6.45, 7) is 2.41. The van der Waals surface area contributed by atoms with Crippen LogP contribution in [0.1, 0.15) is 44.0 Å². The molecule has 0 aliphatic carbocycles. The second-order valence-electron chi connectivity index (χ2n) is 7.98. The Morgan fingerprint density at radius 3 is 2.62 bits per heavy atom. The first-order valence-electron chi connectivity index (χ1n) is 10.3. The Morgan fingerprint density at radius 2 is 1.90 bits per heavy atom. The Bertz CT molecular complexity index is 939. The molecule has 2 fully saturated rings. The van der Waals surface area contributed by atoms with Gasteiger partial charge in [0.2, 0.25) is 10.0 Å². The highest BCUT2D eigenvalue weighted by Gasteiger charge is 2.34. The van der Waals surface area contributed by atoms with E-state index >= 15 is 0 Å². The van der Waals surface area contributed by atoms with Crippen LogP contribution in [0.5, 0.6) is 0 Å². The van der Waals surface area contributed by atoms with Gasteiger partial charge in [0.05, 0.1) is 0 Å². The number of imidazole rings is 1. The molecule has 2 unspecified atom stereocenters. The normalized spacial score (nSPS) is 22.6. The number of piperidine rings is 2. The van der Waals surface area contributed by atoms with Crippen molar-refractivity contribution >= 4 is 15.8 Å². The van der Waals surface area contributed by atoms with Crippen LogP contribution in [0.15, 0.2) is 35.6 Å². The molecule has 0 spiro atoms. The minimum Gasteiger partial charge on any atom is -0.385 e. The molecule has 158 valence electrons.